The number of hydroxylamine groups is 1. The van der Waals surface area contributed by atoms with Gasteiger partial charge in [0.25, 0.3) is 11.2 Å². The van der Waals surface area contributed by atoms with Gasteiger partial charge in [-0.1, -0.05) is 12.1 Å². The predicted octanol–water partition coefficient (Wildman–Crippen LogP) is -2.51. The van der Waals surface area contributed by atoms with Gasteiger partial charge in [0, 0.05) is 26.0 Å². The van der Waals surface area contributed by atoms with Gasteiger partial charge in [-0.25, -0.2) is 0 Å². The third-order valence-corrected chi connectivity index (χ3v) is 9.89. The van der Waals surface area contributed by atoms with E-state index >= 15 is 0 Å². The van der Waals surface area contributed by atoms with E-state index < -0.39 is 87.1 Å². The van der Waals surface area contributed by atoms with Crippen LogP contribution in [-0.4, -0.2) is 145 Å². The van der Waals surface area contributed by atoms with E-state index in [0.717, 1.165) is 0 Å². The molecule has 2 rings (SSSR count). The smallest absolute Gasteiger partial charge is 0.401 e. The van der Waals surface area contributed by atoms with Crippen LogP contribution in [-0.2, 0) is 34.4 Å². The summed E-state index contributed by atoms with van der Waals surface area (Å²) < 4.78 is 34.7. The Balaban J connectivity index is 2.08. The van der Waals surface area contributed by atoms with Gasteiger partial charge in [-0.05, 0) is 31.5 Å². The summed E-state index contributed by atoms with van der Waals surface area (Å²) in [6.07, 6.45) is -15.8. The van der Waals surface area contributed by atoms with Crippen LogP contribution in [0, 0.1) is 5.21 Å². The van der Waals surface area contributed by atoms with Crippen molar-refractivity contribution in [3.8, 4) is 0 Å². The Morgan fingerprint density at radius 1 is 1.07 bits per heavy atom. The summed E-state index contributed by atoms with van der Waals surface area (Å²) in [7, 11) is -3.80. The van der Waals surface area contributed by atoms with Crippen LogP contribution in [0.3, 0.4) is 0 Å². The number of aliphatic hydroxyl groups excluding tert-OH is 8. The highest BCUT2D eigenvalue weighted by Crippen LogP contribution is 2.59. The molecule has 0 saturated carbocycles. The number of hydrogen-bond acceptors (Lipinski definition) is 15. The minimum absolute atomic E-state index is 0.0780. The van der Waals surface area contributed by atoms with E-state index in [0.29, 0.717) is 15.9 Å². The maximum atomic E-state index is 13.2. The van der Waals surface area contributed by atoms with Gasteiger partial charge in [0.2, 0.25) is 0 Å². The lowest BCUT2D eigenvalue weighted by Crippen LogP contribution is -2.62. The maximum Gasteiger partial charge on any atom is 0.401 e. The van der Waals surface area contributed by atoms with Crippen LogP contribution < -0.4 is 5.32 Å². The number of benzene rings is 1. The van der Waals surface area contributed by atoms with Gasteiger partial charge in [-0.3, -0.25) is 9.36 Å². The van der Waals surface area contributed by atoms with Crippen molar-refractivity contribution >= 4 is 19.7 Å². The second-order valence-corrected chi connectivity index (χ2v) is 13.3. The van der Waals surface area contributed by atoms with E-state index in [1.54, 1.807) is 38.1 Å². The van der Waals surface area contributed by atoms with Crippen LogP contribution in [0.25, 0.3) is 0 Å². The molecule has 1 aliphatic rings. The topological polar surface area (TPSA) is 271 Å². The third-order valence-electron chi connectivity index (χ3n) is 7.16. The first-order chi connectivity index (χ1) is 21.1. The highest BCUT2D eigenvalue weighted by atomic mass is 31.2. The van der Waals surface area contributed by atoms with Gasteiger partial charge in [0.1, 0.15) is 42.7 Å². The lowest BCUT2D eigenvalue weighted by Gasteiger charge is -2.42. The number of ether oxygens (including phenoxy) is 2. The summed E-state index contributed by atoms with van der Waals surface area (Å²) in [5, 5.41) is 93.9. The molecule has 17 nitrogen and oxygen atoms in total. The van der Waals surface area contributed by atoms with Gasteiger partial charge in [0.05, 0.1) is 26.4 Å². The molecule has 1 amide bonds. The number of nitrogens with one attached hydrogen (secondary N) is 1. The average Bonchev–Trinajstić information content (AvgIpc) is 3.01. The molecule has 9 atom stereocenters. The summed E-state index contributed by atoms with van der Waals surface area (Å²) in [5.74, 6) is -1.11. The van der Waals surface area contributed by atoms with Gasteiger partial charge < -0.3 is 69.9 Å². The molecule has 1 aromatic rings. The van der Waals surface area contributed by atoms with Gasteiger partial charge in [0.15, 0.2) is 18.6 Å². The lowest BCUT2D eigenvalue weighted by molar-refractivity contribution is -0.510. The number of carbonyl (C=O) groups excluding carboxylic acids is 1. The van der Waals surface area contributed by atoms with Crippen molar-refractivity contribution in [3.05, 3.63) is 40.6 Å². The molecule has 1 fully saturated rings. The fourth-order valence-electron chi connectivity index (χ4n) is 4.29. The molecule has 18 heteroatoms. The lowest BCUT2D eigenvalue weighted by atomic mass is 9.98. The van der Waals surface area contributed by atoms with Crippen molar-refractivity contribution in [2.45, 2.75) is 94.6 Å². The van der Waals surface area contributed by atoms with Crippen LogP contribution in [0.1, 0.15) is 38.8 Å². The molecular weight excluding hydrogens is 623 g/mol. The zero-order valence-corrected chi connectivity index (χ0v) is 26.3. The molecule has 0 bridgehead atoms. The normalized spacial score (nSPS) is 25.8. The summed E-state index contributed by atoms with van der Waals surface area (Å²) >= 11 is 0. The monoisotopic (exact) mass is 668 g/mol. The zero-order valence-electron chi connectivity index (χ0n) is 25.4. The van der Waals surface area contributed by atoms with E-state index in [1.807, 2.05) is 0 Å². The van der Waals surface area contributed by atoms with Crippen LogP contribution in [0.2, 0.25) is 0 Å². The van der Waals surface area contributed by atoms with Crippen molar-refractivity contribution in [1.29, 1.82) is 0 Å². The maximum absolute atomic E-state index is 13.2. The molecule has 258 valence electrons. The first-order valence-corrected chi connectivity index (χ1v) is 15.8. The van der Waals surface area contributed by atoms with Gasteiger partial charge in [-0.2, -0.15) is 4.74 Å². The second-order valence-electron chi connectivity index (χ2n) is 10.7. The Morgan fingerprint density at radius 2 is 1.64 bits per heavy atom. The minimum atomic E-state index is -3.80. The molecule has 1 aliphatic heterocycles. The Labute approximate surface area is 260 Å². The second kappa shape index (κ2) is 17.2. The third kappa shape index (κ3) is 9.48. The number of hydrogen-bond donors (Lipinski definition) is 9. The molecule has 1 heterocycles. The summed E-state index contributed by atoms with van der Waals surface area (Å²) in [4.78, 5) is 12.6. The van der Waals surface area contributed by atoms with Crippen molar-refractivity contribution in [3.63, 3.8) is 0 Å². The van der Waals surface area contributed by atoms with Crippen molar-refractivity contribution in [2.24, 2.45) is 0 Å². The Kier molecular flexibility index (Phi) is 14.9. The minimum Gasteiger partial charge on any atom is -0.623 e. The fourth-order valence-corrected chi connectivity index (χ4v) is 5.98. The first kappa shape index (κ1) is 39.1. The molecule has 0 unspecified atom stereocenters. The van der Waals surface area contributed by atoms with Crippen LogP contribution in [0.4, 0.5) is 0 Å². The quantitative estimate of drug-likeness (QED) is 0.0273. The standard InChI is InChI=1S/C27H45N2O15P/c1-5-41-45(40,42-6-2)27(3,4)29(39)12-16-9-7-15(8-10-16)11-28-25(38)22(36)21(35)24(17(32)13-30)44-26-23(37)20(34)19(33)18(14-31)43-26/h7-10,12,17-24,26,30-37H,5-6,11,13-14H2,1-4H3,(H,28,38)/t17-,18-,19+,20+,21-,22-,23-,24-,26+/m1/s1. The van der Waals surface area contributed by atoms with Crippen molar-refractivity contribution < 1.29 is 73.5 Å². The van der Waals surface area contributed by atoms with Gasteiger partial charge >= 0.3 is 7.60 Å². The molecule has 0 aromatic heterocycles. The SMILES string of the molecule is CCOP(=O)(OCC)C(C)(C)[N+]([O-])=Cc1ccc(CNC(=O)[C@H](O)[C@@H](O)[C@H](O[C@@H]2O[C@H](CO)[C@H](O)[C@H](O)[C@H]2O)[C@H](O)CO)cc1. The summed E-state index contributed by atoms with van der Waals surface area (Å²) in [6.45, 7) is 4.34. The van der Waals surface area contributed by atoms with Crippen LogP contribution in [0.15, 0.2) is 24.3 Å². The van der Waals surface area contributed by atoms with Crippen LogP contribution in [0.5, 0.6) is 0 Å². The molecule has 45 heavy (non-hydrogen) atoms. The molecular formula is C27H45N2O15P. The highest BCUT2D eigenvalue weighted by molar-refractivity contribution is 7.55. The Hall–Kier alpha value is -2.09. The van der Waals surface area contributed by atoms with Crippen molar-refractivity contribution in [2.75, 3.05) is 26.4 Å². The number of carbonyl (C=O) groups is 1. The largest absolute Gasteiger partial charge is 0.623 e. The van der Waals surface area contributed by atoms with Crippen LogP contribution >= 0.6 is 7.60 Å². The Morgan fingerprint density at radius 3 is 2.16 bits per heavy atom. The summed E-state index contributed by atoms with van der Waals surface area (Å²) in [5.41, 5.74) is 0.937. The zero-order chi connectivity index (χ0) is 34.1. The van der Waals surface area contributed by atoms with Crippen molar-refractivity contribution in [1.82, 2.24) is 5.32 Å². The van der Waals surface area contributed by atoms with E-state index in [9.17, 15) is 55.4 Å². The molecule has 0 spiro atoms. The highest BCUT2D eigenvalue weighted by Gasteiger charge is 2.51. The number of nitrogens with zero attached hydrogens (tertiary/aromatic N) is 1. The van der Waals surface area contributed by atoms with E-state index in [-0.39, 0.29) is 19.8 Å². The van der Waals surface area contributed by atoms with Gasteiger partial charge in [-0.15, -0.1) is 0 Å². The number of amides is 1. The van der Waals surface area contributed by atoms with E-state index in [1.165, 1.54) is 20.1 Å². The average molecular weight is 669 g/mol. The summed E-state index contributed by atoms with van der Waals surface area (Å²) in [6, 6.07) is 6.20. The number of rotatable bonds is 17. The predicted molar refractivity (Wildman–Crippen MR) is 156 cm³/mol. The molecule has 0 aliphatic carbocycles. The molecule has 1 aromatic carbocycles. The Bertz CT molecular complexity index is 1140. The number of aliphatic hydroxyl groups is 8. The first-order valence-electron chi connectivity index (χ1n) is 14.3. The molecule has 0 radical (unpaired) electrons. The molecule has 9 N–H and O–H groups in total. The fraction of sp³-hybridized carbons (Fsp3) is 0.704. The van der Waals surface area contributed by atoms with E-state index in [4.69, 9.17) is 18.5 Å². The molecule has 1 saturated heterocycles. The van der Waals surface area contributed by atoms with E-state index in [2.05, 4.69) is 5.32 Å².